The monoisotopic (exact) mass is 287 g/mol. The van der Waals surface area contributed by atoms with Crippen LogP contribution < -0.4 is 0 Å². The van der Waals surface area contributed by atoms with Crippen LogP contribution in [0.2, 0.25) is 0 Å². The Balaban J connectivity index is 1.95. The molecule has 0 N–H and O–H groups in total. The van der Waals surface area contributed by atoms with E-state index in [0.717, 1.165) is 35.7 Å². The van der Waals surface area contributed by atoms with E-state index in [2.05, 4.69) is 15.6 Å². The maximum Gasteiger partial charge on any atom is 0.127 e. The molecule has 4 heteroatoms. The van der Waals surface area contributed by atoms with Crippen molar-refractivity contribution in [2.45, 2.75) is 44.5 Å². The molecule has 1 aliphatic carbocycles. The van der Waals surface area contributed by atoms with Gasteiger partial charge in [0.2, 0.25) is 0 Å². The molecule has 1 unspecified atom stereocenters. The fraction of sp³-hybridized carbons (Fsp3) is 0.500. The molecule has 1 heterocycles. The van der Waals surface area contributed by atoms with Crippen molar-refractivity contribution in [3.05, 3.63) is 29.6 Å². The van der Waals surface area contributed by atoms with Gasteiger partial charge in [-0.1, -0.05) is 12.8 Å². The van der Waals surface area contributed by atoms with E-state index in [4.69, 9.17) is 16.9 Å². The number of nitriles is 1. The summed E-state index contributed by atoms with van der Waals surface area (Å²) in [6, 6.07) is 7.84. The molecule has 0 bridgehead atoms. The van der Waals surface area contributed by atoms with E-state index in [9.17, 15) is 0 Å². The number of benzene rings is 1. The van der Waals surface area contributed by atoms with Crippen molar-refractivity contribution >= 4 is 22.6 Å². The van der Waals surface area contributed by atoms with Crippen molar-refractivity contribution in [2.75, 3.05) is 0 Å². The molecular weight excluding hydrogens is 270 g/mol. The molecule has 0 radical (unpaired) electrons. The number of imidazole rings is 1. The maximum atomic E-state index is 9.06. The Morgan fingerprint density at radius 2 is 2.30 bits per heavy atom. The first-order valence-electron chi connectivity index (χ1n) is 7.23. The zero-order valence-electron chi connectivity index (χ0n) is 11.6. The van der Waals surface area contributed by atoms with Crippen molar-refractivity contribution < 1.29 is 0 Å². The third-order valence-electron chi connectivity index (χ3n) is 3.95. The summed E-state index contributed by atoms with van der Waals surface area (Å²) < 4.78 is 2.19. The van der Waals surface area contributed by atoms with Crippen LogP contribution in [0.25, 0.3) is 11.0 Å². The van der Waals surface area contributed by atoms with Crippen LogP contribution in [0.5, 0.6) is 0 Å². The van der Waals surface area contributed by atoms with Gasteiger partial charge in [-0.25, -0.2) is 4.98 Å². The van der Waals surface area contributed by atoms with E-state index < -0.39 is 0 Å². The summed E-state index contributed by atoms with van der Waals surface area (Å²) in [5.74, 6) is 1.85. The lowest BCUT2D eigenvalue weighted by Gasteiger charge is -2.10. The van der Waals surface area contributed by atoms with Crippen LogP contribution in [-0.4, -0.2) is 9.55 Å². The Hall–Kier alpha value is -1.53. The van der Waals surface area contributed by atoms with E-state index in [1.54, 1.807) is 0 Å². The van der Waals surface area contributed by atoms with Crippen LogP contribution in [0.3, 0.4) is 0 Å². The van der Waals surface area contributed by atoms with Crippen LogP contribution in [-0.2, 0) is 6.54 Å². The molecule has 1 saturated carbocycles. The number of aryl methyl sites for hydroxylation is 1. The summed E-state index contributed by atoms with van der Waals surface area (Å²) >= 11 is 6.26. The van der Waals surface area contributed by atoms with Gasteiger partial charge >= 0.3 is 0 Å². The highest BCUT2D eigenvalue weighted by molar-refractivity contribution is 6.20. The molecule has 2 aromatic rings. The Labute approximate surface area is 124 Å². The zero-order valence-corrected chi connectivity index (χ0v) is 12.4. The zero-order chi connectivity index (χ0) is 14.1. The molecule has 0 amide bonds. The third kappa shape index (κ3) is 2.66. The number of fused-ring (bicyclic) bond motifs is 1. The van der Waals surface area contributed by atoms with Crippen LogP contribution >= 0.6 is 11.6 Å². The summed E-state index contributed by atoms with van der Waals surface area (Å²) in [6.07, 6.45) is 5.22. The summed E-state index contributed by atoms with van der Waals surface area (Å²) in [5.41, 5.74) is 2.63. The lowest BCUT2D eigenvalue weighted by atomic mass is 10.2. The first-order chi connectivity index (χ1) is 9.69. The molecule has 104 valence electrons. The van der Waals surface area contributed by atoms with Gasteiger partial charge in [0.1, 0.15) is 5.82 Å². The summed E-state index contributed by atoms with van der Waals surface area (Å²) in [4.78, 5) is 4.62. The van der Waals surface area contributed by atoms with E-state index in [1.165, 1.54) is 19.3 Å². The minimum absolute atomic E-state index is 0.117. The molecule has 1 aromatic carbocycles. The Morgan fingerprint density at radius 3 is 2.95 bits per heavy atom. The Morgan fingerprint density at radius 1 is 1.50 bits per heavy atom. The molecule has 0 spiro atoms. The number of alkyl halides is 1. The Bertz CT molecular complexity index is 662. The summed E-state index contributed by atoms with van der Waals surface area (Å²) in [6.45, 7) is 2.89. The fourth-order valence-corrected chi connectivity index (χ4v) is 2.86. The molecular formula is C16H18ClN3. The van der Waals surface area contributed by atoms with Crippen LogP contribution in [0.1, 0.15) is 49.4 Å². The SMILES string of the molecule is CC(Cl)c1nc2ccc(C#N)cc2n1CCCC1CC1. The molecule has 0 saturated heterocycles. The fourth-order valence-electron chi connectivity index (χ4n) is 2.69. The quantitative estimate of drug-likeness (QED) is 0.765. The average Bonchev–Trinajstić information content (AvgIpc) is 3.19. The average molecular weight is 288 g/mol. The largest absolute Gasteiger partial charge is 0.327 e. The summed E-state index contributed by atoms with van der Waals surface area (Å²) in [7, 11) is 0. The predicted molar refractivity (Wildman–Crippen MR) is 80.7 cm³/mol. The van der Waals surface area contributed by atoms with E-state index in [0.29, 0.717) is 5.56 Å². The minimum Gasteiger partial charge on any atom is -0.327 e. The number of hydrogen-bond donors (Lipinski definition) is 0. The second-order valence-electron chi connectivity index (χ2n) is 5.64. The standard InChI is InChI=1S/C16H18ClN3/c1-11(17)16-19-14-7-6-13(10-18)9-15(14)20(16)8-2-3-12-4-5-12/h6-7,9,11-12H,2-5,8H2,1H3. The van der Waals surface area contributed by atoms with Gasteiger partial charge in [-0.05, 0) is 43.9 Å². The third-order valence-corrected chi connectivity index (χ3v) is 4.15. The highest BCUT2D eigenvalue weighted by Gasteiger charge is 2.21. The van der Waals surface area contributed by atoms with Crippen LogP contribution in [0.4, 0.5) is 0 Å². The number of aromatic nitrogens is 2. The van der Waals surface area contributed by atoms with Crippen molar-refractivity contribution in [3.63, 3.8) is 0 Å². The smallest absolute Gasteiger partial charge is 0.127 e. The normalized spacial score (nSPS) is 16.2. The van der Waals surface area contributed by atoms with Crippen molar-refractivity contribution in [1.29, 1.82) is 5.26 Å². The molecule has 3 rings (SSSR count). The van der Waals surface area contributed by atoms with Gasteiger partial charge in [-0.15, -0.1) is 11.6 Å². The van der Waals surface area contributed by atoms with Gasteiger partial charge in [0.05, 0.1) is 28.0 Å². The topological polar surface area (TPSA) is 41.6 Å². The lowest BCUT2D eigenvalue weighted by Crippen LogP contribution is -2.05. The highest BCUT2D eigenvalue weighted by Crippen LogP contribution is 2.34. The van der Waals surface area contributed by atoms with Gasteiger partial charge in [-0.2, -0.15) is 5.26 Å². The van der Waals surface area contributed by atoms with Crippen LogP contribution in [0, 0.1) is 17.2 Å². The number of nitrogens with zero attached hydrogens (tertiary/aromatic N) is 3. The van der Waals surface area contributed by atoms with Gasteiger partial charge in [0.15, 0.2) is 0 Å². The maximum absolute atomic E-state index is 9.06. The molecule has 1 atom stereocenters. The van der Waals surface area contributed by atoms with E-state index >= 15 is 0 Å². The van der Waals surface area contributed by atoms with Crippen molar-refractivity contribution in [2.24, 2.45) is 5.92 Å². The Kier molecular flexibility index (Phi) is 3.67. The molecule has 1 aromatic heterocycles. The molecule has 0 aliphatic heterocycles. The predicted octanol–water partition coefficient (Wildman–Crippen LogP) is 4.40. The minimum atomic E-state index is -0.117. The molecule has 1 fully saturated rings. The lowest BCUT2D eigenvalue weighted by molar-refractivity contribution is 0.569. The van der Waals surface area contributed by atoms with Crippen LogP contribution in [0.15, 0.2) is 18.2 Å². The second-order valence-corrected chi connectivity index (χ2v) is 6.29. The molecule has 3 nitrogen and oxygen atoms in total. The van der Waals surface area contributed by atoms with Gasteiger partial charge in [0, 0.05) is 6.54 Å². The van der Waals surface area contributed by atoms with Gasteiger partial charge < -0.3 is 4.57 Å². The first-order valence-corrected chi connectivity index (χ1v) is 7.67. The summed E-state index contributed by atoms with van der Waals surface area (Å²) in [5, 5.41) is 8.94. The highest BCUT2D eigenvalue weighted by atomic mass is 35.5. The molecule has 1 aliphatic rings. The second kappa shape index (κ2) is 5.46. The van der Waals surface area contributed by atoms with Gasteiger partial charge in [0.25, 0.3) is 0 Å². The first kappa shape index (κ1) is 13.5. The number of hydrogen-bond acceptors (Lipinski definition) is 2. The van der Waals surface area contributed by atoms with Gasteiger partial charge in [-0.3, -0.25) is 0 Å². The number of rotatable bonds is 5. The number of halogens is 1. The van der Waals surface area contributed by atoms with E-state index in [1.807, 2.05) is 25.1 Å². The van der Waals surface area contributed by atoms with Crippen molar-refractivity contribution in [3.8, 4) is 6.07 Å². The molecule has 20 heavy (non-hydrogen) atoms. The van der Waals surface area contributed by atoms with Crippen molar-refractivity contribution in [1.82, 2.24) is 9.55 Å². The van der Waals surface area contributed by atoms with E-state index in [-0.39, 0.29) is 5.38 Å².